The smallest absolute Gasteiger partial charge is 0.276 e. The summed E-state index contributed by atoms with van der Waals surface area (Å²) in [5, 5.41) is 8.69. The maximum Gasteiger partial charge on any atom is 0.276 e. The Bertz CT molecular complexity index is 678. The van der Waals surface area contributed by atoms with Crippen molar-refractivity contribution in [3.8, 4) is 11.5 Å². The van der Waals surface area contributed by atoms with Gasteiger partial charge in [0.1, 0.15) is 0 Å². The molecule has 1 amide bonds. The van der Waals surface area contributed by atoms with Gasteiger partial charge in [-0.3, -0.25) is 4.79 Å². The second-order valence-electron chi connectivity index (χ2n) is 6.14. The summed E-state index contributed by atoms with van der Waals surface area (Å²) >= 11 is 1.45. The van der Waals surface area contributed by atoms with Crippen LogP contribution in [0, 0.1) is 6.92 Å². The third-order valence-electron chi connectivity index (χ3n) is 4.17. The van der Waals surface area contributed by atoms with E-state index in [4.69, 9.17) is 4.42 Å². The third kappa shape index (κ3) is 4.60. The number of thioether (sulfide) groups is 1. The molecule has 3 rings (SSSR count). The average molecular weight is 345 g/mol. The normalized spacial score (nSPS) is 15.3. The van der Waals surface area contributed by atoms with Crippen LogP contribution in [0.4, 0.5) is 0 Å². The van der Waals surface area contributed by atoms with E-state index in [2.05, 4.69) is 10.2 Å². The molecule has 0 atom stereocenters. The van der Waals surface area contributed by atoms with Gasteiger partial charge in [-0.2, -0.15) is 0 Å². The number of rotatable bonds is 5. The highest BCUT2D eigenvalue weighted by atomic mass is 32.2. The highest BCUT2D eigenvalue weighted by molar-refractivity contribution is 7.99. The maximum absolute atomic E-state index is 12.3. The van der Waals surface area contributed by atoms with Crippen molar-refractivity contribution < 1.29 is 9.21 Å². The molecular weight excluding hydrogens is 322 g/mol. The number of carbonyl (C=O) groups excluding carboxylic acids is 1. The first kappa shape index (κ1) is 17.0. The van der Waals surface area contributed by atoms with Gasteiger partial charge in [0.25, 0.3) is 5.22 Å². The van der Waals surface area contributed by atoms with E-state index in [-0.39, 0.29) is 5.91 Å². The summed E-state index contributed by atoms with van der Waals surface area (Å²) in [6.07, 6.45) is 5.25. The Kier molecular flexibility index (Phi) is 5.91. The zero-order chi connectivity index (χ0) is 16.8. The minimum atomic E-state index is 0.239. The van der Waals surface area contributed by atoms with Crippen LogP contribution in [-0.2, 0) is 4.79 Å². The molecule has 1 aliphatic rings. The van der Waals surface area contributed by atoms with E-state index in [0.29, 0.717) is 23.3 Å². The molecule has 0 spiro atoms. The standard InChI is InChI=1S/C18H23N3O2S/c1-14-7-6-8-15(13-14)17-19-20-18(23-17)24-12-9-16(22)21-10-4-2-3-5-11-21/h6-8,13H,2-5,9-12H2,1H3. The van der Waals surface area contributed by atoms with Gasteiger partial charge in [-0.15, -0.1) is 10.2 Å². The molecule has 0 unspecified atom stereocenters. The summed E-state index contributed by atoms with van der Waals surface area (Å²) in [6, 6.07) is 7.98. The third-order valence-corrected chi connectivity index (χ3v) is 4.99. The van der Waals surface area contributed by atoms with Gasteiger partial charge in [0, 0.05) is 30.8 Å². The van der Waals surface area contributed by atoms with E-state index < -0.39 is 0 Å². The summed E-state index contributed by atoms with van der Waals surface area (Å²) in [7, 11) is 0. The molecule has 0 saturated carbocycles. The summed E-state index contributed by atoms with van der Waals surface area (Å²) in [6.45, 7) is 3.84. The van der Waals surface area contributed by atoms with Crippen LogP contribution in [0.1, 0.15) is 37.7 Å². The number of nitrogens with zero attached hydrogens (tertiary/aromatic N) is 3. The summed E-state index contributed by atoms with van der Waals surface area (Å²) < 4.78 is 5.69. The lowest BCUT2D eigenvalue weighted by Gasteiger charge is -2.19. The van der Waals surface area contributed by atoms with E-state index in [1.165, 1.54) is 24.6 Å². The molecule has 1 aromatic carbocycles. The molecule has 0 aliphatic carbocycles. The molecular formula is C18H23N3O2S. The quantitative estimate of drug-likeness (QED) is 0.769. The molecule has 1 saturated heterocycles. The van der Waals surface area contributed by atoms with E-state index in [9.17, 15) is 4.79 Å². The summed E-state index contributed by atoms with van der Waals surface area (Å²) in [5.41, 5.74) is 2.08. The Morgan fingerprint density at radius 3 is 2.75 bits per heavy atom. The summed E-state index contributed by atoms with van der Waals surface area (Å²) in [5.74, 6) is 1.44. The Labute approximate surface area is 146 Å². The van der Waals surface area contributed by atoms with Gasteiger partial charge in [0.15, 0.2) is 0 Å². The molecule has 128 valence electrons. The van der Waals surface area contributed by atoms with Gasteiger partial charge in [0.2, 0.25) is 11.8 Å². The predicted octanol–water partition coefficient (Wildman–Crippen LogP) is 3.93. The van der Waals surface area contributed by atoms with E-state index >= 15 is 0 Å². The number of benzene rings is 1. The molecule has 1 fully saturated rings. The largest absolute Gasteiger partial charge is 0.411 e. The maximum atomic E-state index is 12.3. The minimum Gasteiger partial charge on any atom is -0.411 e. The lowest BCUT2D eigenvalue weighted by atomic mass is 10.1. The second-order valence-corrected chi connectivity index (χ2v) is 7.18. The minimum absolute atomic E-state index is 0.239. The van der Waals surface area contributed by atoms with Crippen LogP contribution >= 0.6 is 11.8 Å². The van der Waals surface area contributed by atoms with Crippen LogP contribution in [0.3, 0.4) is 0 Å². The Hall–Kier alpha value is -1.82. The first-order valence-electron chi connectivity index (χ1n) is 8.53. The highest BCUT2D eigenvalue weighted by Crippen LogP contribution is 2.24. The molecule has 6 heteroatoms. The molecule has 0 radical (unpaired) electrons. The molecule has 5 nitrogen and oxygen atoms in total. The lowest BCUT2D eigenvalue weighted by Crippen LogP contribution is -2.31. The van der Waals surface area contributed by atoms with Gasteiger partial charge in [-0.1, -0.05) is 42.3 Å². The number of carbonyl (C=O) groups is 1. The number of hydrogen-bond acceptors (Lipinski definition) is 5. The van der Waals surface area contributed by atoms with Crippen LogP contribution in [-0.4, -0.2) is 39.8 Å². The molecule has 0 bridgehead atoms. The van der Waals surface area contributed by atoms with Crippen molar-refractivity contribution in [1.29, 1.82) is 0 Å². The molecule has 2 aromatic rings. The molecule has 1 aliphatic heterocycles. The molecule has 24 heavy (non-hydrogen) atoms. The zero-order valence-corrected chi connectivity index (χ0v) is 14.8. The van der Waals surface area contributed by atoms with E-state index in [1.54, 1.807) is 0 Å². The number of amides is 1. The van der Waals surface area contributed by atoms with Crippen molar-refractivity contribution in [2.45, 2.75) is 44.3 Å². The van der Waals surface area contributed by atoms with Crippen molar-refractivity contribution in [2.24, 2.45) is 0 Å². The fourth-order valence-electron chi connectivity index (χ4n) is 2.87. The van der Waals surface area contributed by atoms with Gasteiger partial charge in [-0.25, -0.2) is 0 Å². The van der Waals surface area contributed by atoms with E-state index in [0.717, 1.165) is 37.1 Å². The SMILES string of the molecule is Cc1cccc(-c2nnc(SCCC(=O)N3CCCCCC3)o2)c1. The zero-order valence-electron chi connectivity index (χ0n) is 14.0. The Morgan fingerprint density at radius 2 is 2.00 bits per heavy atom. The van der Waals surface area contributed by atoms with Gasteiger partial charge in [-0.05, 0) is 31.9 Å². The Balaban J connectivity index is 1.49. The van der Waals surface area contributed by atoms with Crippen LogP contribution in [0.5, 0.6) is 0 Å². The van der Waals surface area contributed by atoms with Crippen molar-refractivity contribution in [3.63, 3.8) is 0 Å². The van der Waals surface area contributed by atoms with Gasteiger partial charge in [0.05, 0.1) is 0 Å². The lowest BCUT2D eigenvalue weighted by molar-refractivity contribution is -0.130. The number of likely N-dealkylation sites (tertiary alicyclic amines) is 1. The van der Waals surface area contributed by atoms with Gasteiger partial charge < -0.3 is 9.32 Å². The highest BCUT2D eigenvalue weighted by Gasteiger charge is 2.16. The molecule has 2 heterocycles. The Morgan fingerprint density at radius 1 is 1.21 bits per heavy atom. The van der Waals surface area contributed by atoms with Crippen molar-refractivity contribution in [2.75, 3.05) is 18.8 Å². The first-order chi connectivity index (χ1) is 11.7. The van der Waals surface area contributed by atoms with Crippen molar-refractivity contribution >= 4 is 17.7 Å². The first-order valence-corrected chi connectivity index (χ1v) is 9.52. The number of aryl methyl sites for hydroxylation is 1. The fraction of sp³-hybridized carbons (Fsp3) is 0.500. The van der Waals surface area contributed by atoms with E-state index in [1.807, 2.05) is 36.1 Å². The molecule has 0 N–H and O–H groups in total. The van der Waals surface area contributed by atoms with Crippen LogP contribution in [0.15, 0.2) is 33.9 Å². The summed E-state index contributed by atoms with van der Waals surface area (Å²) in [4.78, 5) is 14.3. The predicted molar refractivity (Wildman–Crippen MR) is 94.9 cm³/mol. The number of aromatic nitrogens is 2. The van der Waals surface area contributed by atoms with Crippen LogP contribution in [0.25, 0.3) is 11.5 Å². The van der Waals surface area contributed by atoms with Crippen LogP contribution in [0.2, 0.25) is 0 Å². The second kappa shape index (κ2) is 8.33. The fourth-order valence-corrected chi connectivity index (χ4v) is 3.55. The molecule has 1 aromatic heterocycles. The number of hydrogen-bond donors (Lipinski definition) is 0. The monoisotopic (exact) mass is 345 g/mol. The van der Waals surface area contributed by atoms with Gasteiger partial charge >= 0.3 is 0 Å². The van der Waals surface area contributed by atoms with Crippen molar-refractivity contribution in [1.82, 2.24) is 15.1 Å². The average Bonchev–Trinajstić information content (AvgIpc) is 2.88. The van der Waals surface area contributed by atoms with Crippen molar-refractivity contribution in [3.05, 3.63) is 29.8 Å². The van der Waals surface area contributed by atoms with Crippen LogP contribution < -0.4 is 0 Å². The topological polar surface area (TPSA) is 59.2 Å².